The Labute approximate surface area is 168 Å². The molecule has 0 spiro atoms. The van der Waals surface area contributed by atoms with Gasteiger partial charge in [0.15, 0.2) is 0 Å². The van der Waals surface area contributed by atoms with Gasteiger partial charge >= 0.3 is 5.97 Å². The minimum atomic E-state index is -2.78. The Morgan fingerprint density at radius 1 is 1.21 bits per heavy atom. The number of carbonyl (C=O) groups is 1. The Hall–Kier alpha value is -2.54. The summed E-state index contributed by atoms with van der Waals surface area (Å²) in [4.78, 5) is 12.1. The van der Waals surface area contributed by atoms with Gasteiger partial charge in [-0.2, -0.15) is 0 Å². The number of carbonyl (C=O) groups excluding carboxylic acids is 1. The predicted molar refractivity (Wildman–Crippen MR) is 111 cm³/mol. The summed E-state index contributed by atoms with van der Waals surface area (Å²) in [6.07, 6.45) is 10.6. The van der Waals surface area contributed by atoms with Crippen LogP contribution in [0.5, 0.6) is 0 Å². The maximum absolute atomic E-state index is 12.1. The van der Waals surface area contributed by atoms with E-state index in [0.29, 0.717) is 16.8 Å². The number of hydrogen-bond donors (Lipinski definition) is 2. The fraction of sp³-hybridized carbons (Fsp3) is 0.381. The molecule has 0 fully saturated rings. The van der Waals surface area contributed by atoms with E-state index >= 15 is 0 Å². The van der Waals surface area contributed by atoms with E-state index in [-0.39, 0.29) is 5.41 Å². The number of benzene rings is 1. The van der Waals surface area contributed by atoms with E-state index in [4.69, 9.17) is 9.47 Å². The molecule has 0 radical (unpaired) electrons. The smallest absolute Gasteiger partial charge is 0.338 e. The number of nitrogens with one attached hydrogen (secondary N) is 1. The zero-order chi connectivity index (χ0) is 20.6. The van der Waals surface area contributed by atoms with Crippen molar-refractivity contribution < 1.29 is 22.7 Å². The number of para-hydroxylation sites is 1. The van der Waals surface area contributed by atoms with Crippen LogP contribution >= 0.6 is 0 Å². The zero-order valence-corrected chi connectivity index (χ0v) is 17.3. The van der Waals surface area contributed by atoms with Crippen molar-refractivity contribution in [3.8, 4) is 0 Å². The van der Waals surface area contributed by atoms with Gasteiger partial charge in [0.2, 0.25) is 10.9 Å². The number of ether oxygens (including phenoxy) is 2. The molecule has 2 aliphatic rings. The molecule has 7 heteroatoms. The first-order valence-corrected chi connectivity index (χ1v) is 10.3. The predicted octanol–water partition coefficient (Wildman–Crippen LogP) is 3.85. The minimum absolute atomic E-state index is 0.315. The van der Waals surface area contributed by atoms with Gasteiger partial charge in [-0.3, -0.25) is 4.72 Å². The number of thiol groups is 1. The van der Waals surface area contributed by atoms with Crippen LogP contribution in [0, 0.1) is 5.41 Å². The van der Waals surface area contributed by atoms with E-state index in [2.05, 4.69) is 4.72 Å². The third kappa shape index (κ3) is 5.73. The molecule has 28 heavy (non-hydrogen) atoms. The number of anilines is 1. The van der Waals surface area contributed by atoms with Gasteiger partial charge in [0.1, 0.15) is 0 Å². The molecular weight excluding hydrogens is 378 g/mol. The first-order valence-electron chi connectivity index (χ1n) is 9.13. The van der Waals surface area contributed by atoms with Gasteiger partial charge in [0.05, 0.1) is 31.2 Å². The zero-order valence-electron chi connectivity index (χ0n) is 16.4. The second-order valence-electron chi connectivity index (χ2n) is 7.07. The van der Waals surface area contributed by atoms with Gasteiger partial charge in [0.25, 0.3) is 0 Å². The second-order valence-corrected chi connectivity index (χ2v) is 7.81. The van der Waals surface area contributed by atoms with Crippen molar-refractivity contribution in [3.05, 3.63) is 59.9 Å². The lowest BCUT2D eigenvalue weighted by atomic mass is 9.72. The van der Waals surface area contributed by atoms with Gasteiger partial charge in [-0.05, 0) is 42.4 Å². The molecule has 1 aromatic carbocycles. The number of hydrogen-bond acceptors (Lipinski definition) is 5. The van der Waals surface area contributed by atoms with E-state index in [1.807, 2.05) is 32.1 Å². The Morgan fingerprint density at radius 2 is 1.96 bits per heavy atom. The molecule has 6 nitrogen and oxygen atoms in total. The molecule has 152 valence electrons. The Bertz CT molecular complexity index is 849. The van der Waals surface area contributed by atoms with Crippen LogP contribution in [-0.2, 0) is 25.2 Å². The number of esters is 1. The normalized spacial score (nSPS) is 17.4. The van der Waals surface area contributed by atoms with E-state index in [9.17, 15) is 13.2 Å². The van der Waals surface area contributed by atoms with Crippen molar-refractivity contribution in [1.29, 1.82) is 0 Å². The third-order valence-electron chi connectivity index (χ3n) is 4.50. The Morgan fingerprint density at radius 3 is 2.50 bits per heavy atom. The third-order valence-corrected chi connectivity index (χ3v) is 4.92. The van der Waals surface area contributed by atoms with Gasteiger partial charge in [-0.25, -0.2) is 13.2 Å². The van der Waals surface area contributed by atoms with Crippen LogP contribution in [0.4, 0.5) is 5.69 Å². The van der Waals surface area contributed by atoms with Gasteiger partial charge in [-0.15, -0.1) is 0 Å². The average molecular weight is 406 g/mol. The van der Waals surface area contributed by atoms with Crippen molar-refractivity contribution in [3.63, 3.8) is 0 Å². The lowest BCUT2D eigenvalue weighted by Gasteiger charge is -2.32. The second kappa shape index (κ2) is 10.1. The number of allylic oxidation sites excluding steroid dienone is 3. The van der Waals surface area contributed by atoms with Crippen LogP contribution in [0.3, 0.4) is 0 Å². The highest BCUT2D eigenvalue weighted by atomic mass is 32.2. The highest BCUT2D eigenvalue weighted by Gasteiger charge is 2.32. The maximum atomic E-state index is 12.1. The van der Waals surface area contributed by atoms with Crippen molar-refractivity contribution in [2.24, 2.45) is 5.41 Å². The van der Waals surface area contributed by atoms with Gasteiger partial charge in [0, 0.05) is 5.56 Å². The number of rotatable bonds is 4. The Balaban J connectivity index is 0.000000397. The molecule has 1 aliphatic carbocycles. The standard InChI is InChI=1S/C16H19NO4S.C5H8O/c1-16(2)10-6-8-12(15(18)21-3)14(16)11-7-4-5-9-13(11)17-22(19)20;1-2-4-6-5-3-1/h4-9,22H,10H2,1-3H3,(H,17,19,20);2,4H,1,3,5H2. The van der Waals surface area contributed by atoms with E-state index < -0.39 is 16.9 Å². The summed E-state index contributed by atoms with van der Waals surface area (Å²) < 4.78 is 34.3. The lowest BCUT2D eigenvalue weighted by molar-refractivity contribution is -0.135. The first-order chi connectivity index (χ1) is 13.4. The average Bonchev–Trinajstić information content (AvgIpc) is 2.69. The highest BCUT2D eigenvalue weighted by molar-refractivity contribution is 7.73. The van der Waals surface area contributed by atoms with Crippen LogP contribution in [0.25, 0.3) is 5.57 Å². The topological polar surface area (TPSA) is 81.7 Å². The summed E-state index contributed by atoms with van der Waals surface area (Å²) in [5, 5.41) is 0. The Kier molecular flexibility index (Phi) is 7.87. The maximum Gasteiger partial charge on any atom is 0.338 e. The summed E-state index contributed by atoms with van der Waals surface area (Å²) in [7, 11) is -1.45. The molecule has 0 atom stereocenters. The molecule has 0 amide bonds. The molecule has 0 saturated heterocycles. The van der Waals surface area contributed by atoms with E-state index in [1.165, 1.54) is 20.0 Å². The van der Waals surface area contributed by atoms with Crippen molar-refractivity contribution in [2.75, 3.05) is 18.4 Å². The van der Waals surface area contributed by atoms with Crippen LogP contribution in [0.1, 0.15) is 38.7 Å². The summed E-state index contributed by atoms with van der Waals surface area (Å²) in [6.45, 7) is 4.95. The molecule has 1 N–H and O–H groups in total. The lowest BCUT2D eigenvalue weighted by Crippen LogP contribution is -2.21. The fourth-order valence-electron chi connectivity index (χ4n) is 3.20. The van der Waals surface area contributed by atoms with Crippen LogP contribution < -0.4 is 4.72 Å². The molecule has 0 saturated carbocycles. The molecule has 1 aliphatic heterocycles. The quantitative estimate of drug-likeness (QED) is 0.587. The minimum Gasteiger partial charge on any atom is -0.502 e. The van der Waals surface area contributed by atoms with Crippen LogP contribution in [0.15, 0.2) is 54.3 Å². The van der Waals surface area contributed by atoms with E-state index in [0.717, 1.165) is 18.6 Å². The van der Waals surface area contributed by atoms with Gasteiger partial charge in [-0.1, -0.05) is 44.2 Å². The summed E-state index contributed by atoms with van der Waals surface area (Å²) in [5.41, 5.74) is 2.07. The molecule has 3 rings (SSSR count). The van der Waals surface area contributed by atoms with Crippen molar-refractivity contribution in [2.45, 2.75) is 33.1 Å². The van der Waals surface area contributed by atoms with Crippen molar-refractivity contribution >= 4 is 28.1 Å². The molecular formula is C21H27NO5S. The largest absolute Gasteiger partial charge is 0.502 e. The molecule has 1 aromatic rings. The van der Waals surface area contributed by atoms with Crippen LogP contribution in [0.2, 0.25) is 0 Å². The molecule has 0 aromatic heterocycles. The molecule has 0 bridgehead atoms. The monoisotopic (exact) mass is 405 g/mol. The summed E-state index contributed by atoms with van der Waals surface area (Å²) in [6, 6.07) is 7.04. The van der Waals surface area contributed by atoms with Crippen molar-refractivity contribution in [1.82, 2.24) is 0 Å². The van der Waals surface area contributed by atoms with Gasteiger partial charge < -0.3 is 9.47 Å². The highest BCUT2D eigenvalue weighted by Crippen LogP contribution is 2.45. The van der Waals surface area contributed by atoms with Crippen LogP contribution in [-0.4, -0.2) is 28.1 Å². The number of methoxy groups -OCH3 is 1. The van der Waals surface area contributed by atoms with E-state index in [1.54, 1.807) is 30.5 Å². The molecule has 0 unspecified atom stereocenters. The SMILES string of the molecule is C1=COCCC1.COC(=O)C1=C(c2ccccc2N[SH](=O)=O)C(C)(C)CC=C1. The summed E-state index contributed by atoms with van der Waals surface area (Å²) in [5.74, 6) is -0.430. The molecule has 1 heterocycles. The summed E-state index contributed by atoms with van der Waals surface area (Å²) >= 11 is 0. The fourth-order valence-corrected chi connectivity index (χ4v) is 3.59. The first kappa shape index (κ1) is 21.8.